The summed E-state index contributed by atoms with van der Waals surface area (Å²) in [5.41, 5.74) is 4.65. The minimum Gasteiger partial charge on any atom is -0.481 e. The molecule has 2 atom stereocenters. The normalized spacial score (nSPS) is 16.6. The number of rotatable bonds is 10. The first-order valence-electron chi connectivity index (χ1n) is 11.1. The number of hydrogen-bond acceptors (Lipinski definition) is 5. The molecule has 1 heterocycles. The summed E-state index contributed by atoms with van der Waals surface area (Å²) in [6.07, 6.45) is 1.17. The molecular formula is C25H33N3O3. The maximum Gasteiger partial charge on any atom is 0.303 e. The van der Waals surface area contributed by atoms with Gasteiger partial charge in [-0.2, -0.15) is 4.91 Å². The van der Waals surface area contributed by atoms with Crippen molar-refractivity contribution in [3.8, 4) is 0 Å². The Bertz CT molecular complexity index is 861. The Morgan fingerprint density at radius 2 is 1.81 bits per heavy atom. The van der Waals surface area contributed by atoms with Crippen LogP contribution in [-0.2, 0) is 11.2 Å². The van der Waals surface area contributed by atoms with Crippen LogP contribution < -0.4 is 4.90 Å². The number of aliphatic carboxylic acids is 1. The number of nitroso groups, excluding NO2 is 1. The fourth-order valence-electron chi connectivity index (χ4n) is 4.34. The molecule has 0 radical (unpaired) electrons. The van der Waals surface area contributed by atoms with Gasteiger partial charge in [0.2, 0.25) is 0 Å². The lowest BCUT2D eigenvalue weighted by atomic mass is 9.96. The molecule has 3 rings (SSSR count). The van der Waals surface area contributed by atoms with Crippen molar-refractivity contribution in [3.63, 3.8) is 0 Å². The number of anilines is 1. The van der Waals surface area contributed by atoms with E-state index in [0.717, 1.165) is 44.7 Å². The minimum absolute atomic E-state index is 0.0493. The summed E-state index contributed by atoms with van der Waals surface area (Å²) in [4.78, 5) is 26.8. The van der Waals surface area contributed by atoms with Gasteiger partial charge in [0.1, 0.15) is 6.04 Å². The van der Waals surface area contributed by atoms with Crippen molar-refractivity contribution >= 4 is 11.7 Å². The molecule has 1 aliphatic heterocycles. The van der Waals surface area contributed by atoms with E-state index >= 15 is 0 Å². The molecule has 0 saturated carbocycles. The Hall–Kier alpha value is -2.73. The molecule has 0 aliphatic carbocycles. The van der Waals surface area contributed by atoms with Crippen LogP contribution in [0.25, 0.3) is 0 Å². The molecule has 166 valence electrons. The maximum absolute atomic E-state index is 11.1. The lowest BCUT2D eigenvalue weighted by Crippen LogP contribution is -2.47. The summed E-state index contributed by atoms with van der Waals surface area (Å²) < 4.78 is 0. The van der Waals surface area contributed by atoms with Crippen molar-refractivity contribution in [2.45, 2.75) is 39.2 Å². The van der Waals surface area contributed by atoms with E-state index in [1.54, 1.807) is 0 Å². The second-order valence-electron chi connectivity index (χ2n) is 8.73. The Labute approximate surface area is 184 Å². The van der Waals surface area contributed by atoms with Crippen molar-refractivity contribution in [1.82, 2.24) is 4.90 Å². The molecule has 2 aromatic rings. The predicted molar refractivity (Wildman–Crippen MR) is 125 cm³/mol. The van der Waals surface area contributed by atoms with Crippen LogP contribution in [0.5, 0.6) is 0 Å². The number of carboxylic acids is 1. The Kier molecular flexibility index (Phi) is 8.18. The molecule has 2 aromatic carbocycles. The molecule has 6 nitrogen and oxygen atoms in total. The van der Waals surface area contributed by atoms with Gasteiger partial charge < -0.3 is 10.0 Å². The fraction of sp³-hybridized carbons (Fsp3) is 0.480. The Morgan fingerprint density at radius 1 is 1.10 bits per heavy atom. The van der Waals surface area contributed by atoms with Gasteiger partial charge in [0.25, 0.3) is 0 Å². The SMILES string of the molecule is Cc1cccc(N2CCN(CC(C)Cc3ccc(C(CCC(=O)O)N=O)cc3)CC2)c1. The van der Waals surface area contributed by atoms with Crippen molar-refractivity contribution in [2.75, 3.05) is 37.6 Å². The first-order chi connectivity index (χ1) is 14.9. The smallest absolute Gasteiger partial charge is 0.303 e. The third-order valence-corrected chi connectivity index (χ3v) is 6.02. The molecule has 1 N–H and O–H groups in total. The highest BCUT2D eigenvalue weighted by molar-refractivity contribution is 5.66. The zero-order valence-corrected chi connectivity index (χ0v) is 18.5. The number of hydrogen-bond donors (Lipinski definition) is 1. The Morgan fingerprint density at radius 3 is 2.42 bits per heavy atom. The summed E-state index contributed by atoms with van der Waals surface area (Å²) in [5, 5.41) is 11.9. The van der Waals surface area contributed by atoms with Crippen LogP contribution in [0, 0.1) is 17.7 Å². The fourth-order valence-corrected chi connectivity index (χ4v) is 4.34. The second-order valence-corrected chi connectivity index (χ2v) is 8.73. The quantitative estimate of drug-likeness (QED) is 0.562. The highest BCUT2D eigenvalue weighted by atomic mass is 16.4. The molecule has 2 unspecified atom stereocenters. The lowest BCUT2D eigenvalue weighted by Gasteiger charge is -2.37. The van der Waals surface area contributed by atoms with Crippen LogP contribution >= 0.6 is 0 Å². The van der Waals surface area contributed by atoms with Gasteiger partial charge >= 0.3 is 5.97 Å². The zero-order valence-electron chi connectivity index (χ0n) is 18.5. The van der Waals surface area contributed by atoms with Gasteiger partial charge in [-0.05, 0) is 54.5 Å². The van der Waals surface area contributed by atoms with E-state index < -0.39 is 12.0 Å². The van der Waals surface area contributed by atoms with Gasteiger partial charge in [0.15, 0.2) is 0 Å². The number of carbonyl (C=O) groups is 1. The number of nitrogens with zero attached hydrogens (tertiary/aromatic N) is 3. The average Bonchev–Trinajstić information content (AvgIpc) is 2.75. The van der Waals surface area contributed by atoms with E-state index in [4.69, 9.17) is 5.11 Å². The van der Waals surface area contributed by atoms with Crippen LogP contribution in [0.4, 0.5) is 5.69 Å². The molecule has 1 aliphatic rings. The van der Waals surface area contributed by atoms with Crippen LogP contribution in [0.3, 0.4) is 0 Å². The van der Waals surface area contributed by atoms with E-state index in [2.05, 4.69) is 53.1 Å². The van der Waals surface area contributed by atoms with Crippen molar-refractivity contribution < 1.29 is 9.90 Å². The van der Waals surface area contributed by atoms with E-state index in [0.29, 0.717) is 5.92 Å². The molecule has 1 saturated heterocycles. The molecule has 31 heavy (non-hydrogen) atoms. The van der Waals surface area contributed by atoms with E-state index in [9.17, 15) is 9.70 Å². The molecule has 0 bridgehead atoms. The molecule has 0 aromatic heterocycles. The lowest BCUT2D eigenvalue weighted by molar-refractivity contribution is -0.137. The van der Waals surface area contributed by atoms with Gasteiger partial charge in [0.05, 0.1) is 0 Å². The number of carboxylic acid groups (broad SMARTS) is 1. The molecule has 6 heteroatoms. The summed E-state index contributed by atoms with van der Waals surface area (Å²) in [6, 6.07) is 16.0. The minimum atomic E-state index is -0.904. The maximum atomic E-state index is 11.1. The molecule has 0 spiro atoms. The summed E-state index contributed by atoms with van der Waals surface area (Å²) in [6.45, 7) is 9.76. The Balaban J connectivity index is 1.46. The summed E-state index contributed by atoms with van der Waals surface area (Å²) in [5.74, 6) is -0.373. The van der Waals surface area contributed by atoms with Gasteiger partial charge in [-0.25, -0.2) is 0 Å². The van der Waals surface area contributed by atoms with Crippen LogP contribution in [0.2, 0.25) is 0 Å². The highest BCUT2D eigenvalue weighted by Crippen LogP contribution is 2.24. The monoisotopic (exact) mass is 423 g/mol. The van der Waals surface area contributed by atoms with Crippen molar-refractivity contribution in [2.24, 2.45) is 11.1 Å². The average molecular weight is 424 g/mol. The zero-order chi connectivity index (χ0) is 22.2. The first-order valence-corrected chi connectivity index (χ1v) is 11.1. The standard InChI is InChI=1S/C25H33N3O3/c1-19-4-3-5-23(17-19)28-14-12-27(13-15-28)18-20(2)16-21-6-8-22(9-7-21)24(26-31)10-11-25(29)30/h3-9,17,20,24H,10-16,18H2,1-2H3,(H,29,30). The first kappa shape index (κ1) is 22.9. The third-order valence-electron chi connectivity index (χ3n) is 6.02. The van der Waals surface area contributed by atoms with Crippen LogP contribution in [-0.4, -0.2) is 48.7 Å². The second kappa shape index (κ2) is 11.0. The number of aryl methyl sites for hydroxylation is 1. The third kappa shape index (κ3) is 6.89. The van der Waals surface area contributed by atoms with Gasteiger partial charge in [0, 0.05) is 44.8 Å². The van der Waals surface area contributed by atoms with Crippen molar-refractivity contribution in [1.29, 1.82) is 0 Å². The van der Waals surface area contributed by atoms with Crippen molar-refractivity contribution in [3.05, 3.63) is 70.1 Å². The summed E-state index contributed by atoms with van der Waals surface area (Å²) >= 11 is 0. The molecule has 0 amide bonds. The van der Waals surface area contributed by atoms with Gasteiger partial charge in [-0.1, -0.05) is 48.5 Å². The van der Waals surface area contributed by atoms with Gasteiger partial charge in [-0.3, -0.25) is 9.69 Å². The number of piperazine rings is 1. The predicted octanol–water partition coefficient (Wildman–Crippen LogP) is 4.67. The van der Waals surface area contributed by atoms with E-state index in [1.165, 1.54) is 16.8 Å². The van der Waals surface area contributed by atoms with E-state index in [-0.39, 0.29) is 12.8 Å². The molecule has 1 fully saturated rings. The van der Waals surface area contributed by atoms with Gasteiger partial charge in [-0.15, -0.1) is 0 Å². The van der Waals surface area contributed by atoms with Crippen LogP contribution in [0.15, 0.2) is 53.7 Å². The number of benzene rings is 2. The van der Waals surface area contributed by atoms with Crippen LogP contribution in [0.1, 0.15) is 42.5 Å². The molecular weight excluding hydrogens is 390 g/mol. The van der Waals surface area contributed by atoms with E-state index in [1.807, 2.05) is 24.3 Å². The topological polar surface area (TPSA) is 73.2 Å². The largest absolute Gasteiger partial charge is 0.481 e. The highest BCUT2D eigenvalue weighted by Gasteiger charge is 2.19. The summed E-state index contributed by atoms with van der Waals surface area (Å²) in [7, 11) is 0.